The number of anilines is 2. The van der Waals surface area contributed by atoms with E-state index in [1.54, 1.807) is 24.3 Å². The molecule has 128 valence electrons. The number of ether oxygens (including phenoxy) is 1. The average Bonchev–Trinajstić information content (AvgIpc) is 2.90. The summed E-state index contributed by atoms with van der Waals surface area (Å²) in [4.78, 5) is 38.2. The number of methoxy groups -OCH3 is 1. The number of rotatable bonds is 4. The van der Waals surface area contributed by atoms with Crippen molar-refractivity contribution in [1.82, 2.24) is 4.98 Å². The van der Waals surface area contributed by atoms with Crippen LogP contribution in [-0.2, 0) is 0 Å². The van der Waals surface area contributed by atoms with Gasteiger partial charge in [-0.25, -0.2) is 4.79 Å². The number of hydrogen-bond donors (Lipinski definition) is 4. The average molecular weight is 359 g/mol. The van der Waals surface area contributed by atoms with Crippen molar-refractivity contribution in [1.29, 1.82) is 0 Å². The minimum atomic E-state index is -1.36. The molecule has 0 atom stereocenters. The van der Waals surface area contributed by atoms with Gasteiger partial charge in [-0.3, -0.25) is 9.59 Å². The van der Waals surface area contributed by atoms with Gasteiger partial charge in [0.1, 0.15) is 21.0 Å². The SMILES string of the molecule is COc1ccc(NC(=O)c2sc3[nH]c(=O)c(C(=O)O)cc3c2N)cc1. The fourth-order valence-electron chi connectivity index (χ4n) is 2.26. The molecule has 2 heterocycles. The van der Waals surface area contributed by atoms with Gasteiger partial charge in [-0.05, 0) is 30.3 Å². The number of hydrogen-bond acceptors (Lipinski definition) is 6. The predicted molar refractivity (Wildman–Crippen MR) is 94.8 cm³/mol. The quantitative estimate of drug-likeness (QED) is 0.564. The number of carboxylic acids is 1. The molecule has 8 nitrogen and oxygen atoms in total. The van der Waals surface area contributed by atoms with Crippen molar-refractivity contribution in [3.8, 4) is 5.75 Å². The zero-order chi connectivity index (χ0) is 18.1. The van der Waals surface area contributed by atoms with Crippen LogP contribution in [0, 0.1) is 0 Å². The number of nitrogen functional groups attached to an aromatic ring is 1. The van der Waals surface area contributed by atoms with Crippen LogP contribution >= 0.6 is 11.3 Å². The van der Waals surface area contributed by atoms with E-state index in [9.17, 15) is 14.4 Å². The highest BCUT2D eigenvalue weighted by Gasteiger charge is 2.20. The molecule has 9 heteroatoms. The number of amides is 1. The molecule has 3 aromatic rings. The Morgan fingerprint density at radius 1 is 1.28 bits per heavy atom. The molecule has 25 heavy (non-hydrogen) atoms. The molecule has 0 spiro atoms. The van der Waals surface area contributed by atoms with Crippen LogP contribution < -0.4 is 21.3 Å². The van der Waals surface area contributed by atoms with Gasteiger partial charge < -0.3 is 25.9 Å². The molecule has 0 unspecified atom stereocenters. The van der Waals surface area contributed by atoms with Crippen LogP contribution in [0.25, 0.3) is 10.2 Å². The van der Waals surface area contributed by atoms with E-state index in [2.05, 4.69) is 10.3 Å². The highest BCUT2D eigenvalue weighted by atomic mass is 32.1. The first-order chi connectivity index (χ1) is 11.9. The molecule has 0 radical (unpaired) electrons. The molecular formula is C16H13N3O5S. The fraction of sp³-hybridized carbons (Fsp3) is 0.0625. The molecule has 0 aliphatic carbocycles. The molecule has 0 saturated heterocycles. The summed E-state index contributed by atoms with van der Waals surface area (Å²) in [5.41, 5.74) is 5.45. The summed E-state index contributed by atoms with van der Waals surface area (Å²) in [5, 5.41) is 12.0. The standard InChI is InChI=1S/C16H13N3O5S/c1-24-8-4-2-7(3-5-8)18-14(21)12-11(17)9-6-10(16(22)23)13(20)19-15(9)25-12/h2-6H,17H2,1H3,(H,18,21)(H,19,20)(H,22,23). The Hall–Kier alpha value is -3.33. The summed E-state index contributed by atoms with van der Waals surface area (Å²) in [6.45, 7) is 0. The molecule has 0 bridgehead atoms. The lowest BCUT2D eigenvalue weighted by molar-refractivity contribution is 0.0695. The van der Waals surface area contributed by atoms with Crippen LogP contribution in [0.2, 0.25) is 0 Å². The molecule has 5 N–H and O–H groups in total. The van der Waals surface area contributed by atoms with Gasteiger partial charge in [0.05, 0.1) is 12.8 Å². The molecule has 1 aromatic carbocycles. The van der Waals surface area contributed by atoms with Gasteiger partial charge in [-0.2, -0.15) is 0 Å². The van der Waals surface area contributed by atoms with E-state index in [4.69, 9.17) is 15.6 Å². The number of aromatic carboxylic acids is 1. The number of benzene rings is 1. The van der Waals surface area contributed by atoms with Gasteiger partial charge in [0.25, 0.3) is 11.5 Å². The Labute approximate surface area is 144 Å². The van der Waals surface area contributed by atoms with Crippen LogP contribution in [0.3, 0.4) is 0 Å². The number of nitrogens with two attached hydrogens (primary N) is 1. The summed E-state index contributed by atoms with van der Waals surface area (Å²) in [7, 11) is 1.54. The minimum absolute atomic E-state index is 0.116. The molecule has 0 fully saturated rings. The Balaban J connectivity index is 1.97. The van der Waals surface area contributed by atoms with Gasteiger partial charge in [0, 0.05) is 11.1 Å². The van der Waals surface area contributed by atoms with E-state index in [-0.39, 0.29) is 10.6 Å². The van der Waals surface area contributed by atoms with E-state index in [1.165, 1.54) is 13.2 Å². The van der Waals surface area contributed by atoms with Crippen molar-refractivity contribution in [3.05, 3.63) is 51.1 Å². The Morgan fingerprint density at radius 2 is 1.96 bits per heavy atom. The van der Waals surface area contributed by atoms with Crippen molar-refractivity contribution >= 4 is 44.8 Å². The minimum Gasteiger partial charge on any atom is -0.497 e. The second kappa shape index (κ2) is 6.29. The Morgan fingerprint density at radius 3 is 2.56 bits per heavy atom. The third-order valence-electron chi connectivity index (χ3n) is 3.53. The van der Waals surface area contributed by atoms with Crippen LogP contribution in [-0.4, -0.2) is 29.1 Å². The maximum Gasteiger partial charge on any atom is 0.341 e. The maximum absolute atomic E-state index is 12.4. The molecule has 1 amide bonds. The van der Waals surface area contributed by atoms with Crippen molar-refractivity contribution < 1.29 is 19.4 Å². The largest absolute Gasteiger partial charge is 0.497 e. The van der Waals surface area contributed by atoms with Gasteiger partial charge >= 0.3 is 5.97 Å². The number of nitrogens with one attached hydrogen (secondary N) is 2. The number of H-pyrrole nitrogens is 1. The molecule has 0 saturated carbocycles. The Bertz CT molecular complexity index is 1040. The molecule has 3 rings (SSSR count). The summed E-state index contributed by atoms with van der Waals surface area (Å²) < 4.78 is 5.05. The van der Waals surface area contributed by atoms with E-state index in [0.717, 1.165) is 11.3 Å². The zero-order valence-corrected chi connectivity index (χ0v) is 13.8. The molecular weight excluding hydrogens is 346 g/mol. The summed E-state index contributed by atoms with van der Waals surface area (Å²) in [6, 6.07) is 7.91. The predicted octanol–water partition coefficient (Wildman–Crippen LogP) is 2.13. The Kier molecular flexibility index (Phi) is 4.15. The number of thiophene rings is 1. The number of carbonyl (C=O) groups is 2. The summed E-state index contributed by atoms with van der Waals surface area (Å²) in [6.07, 6.45) is 0. The first kappa shape index (κ1) is 16.5. The van der Waals surface area contributed by atoms with E-state index < -0.39 is 23.0 Å². The molecule has 0 aliphatic heterocycles. The molecule has 2 aromatic heterocycles. The highest BCUT2D eigenvalue weighted by Crippen LogP contribution is 2.32. The smallest absolute Gasteiger partial charge is 0.341 e. The first-order valence-corrected chi connectivity index (χ1v) is 7.86. The second-order valence-corrected chi connectivity index (χ2v) is 6.11. The number of pyridine rings is 1. The number of carbonyl (C=O) groups excluding carboxylic acids is 1. The highest BCUT2D eigenvalue weighted by molar-refractivity contribution is 7.21. The van der Waals surface area contributed by atoms with E-state index in [0.29, 0.717) is 21.7 Å². The topological polar surface area (TPSA) is 135 Å². The zero-order valence-electron chi connectivity index (χ0n) is 13.0. The molecule has 0 aliphatic rings. The third-order valence-corrected chi connectivity index (χ3v) is 4.66. The monoisotopic (exact) mass is 359 g/mol. The van der Waals surface area contributed by atoms with Crippen molar-refractivity contribution in [2.75, 3.05) is 18.2 Å². The lowest BCUT2D eigenvalue weighted by Crippen LogP contribution is -2.16. The number of carboxylic acid groups (broad SMARTS) is 1. The van der Waals surface area contributed by atoms with Gasteiger partial charge in [-0.1, -0.05) is 0 Å². The van der Waals surface area contributed by atoms with Crippen LogP contribution in [0.5, 0.6) is 5.75 Å². The van der Waals surface area contributed by atoms with Crippen LogP contribution in [0.4, 0.5) is 11.4 Å². The number of aromatic nitrogens is 1. The second-order valence-electron chi connectivity index (χ2n) is 5.09. The summed E-state index contributed by atoms with van der Waals surface area (Å²) >= 11 is 0.983. The summed E-state index contributed by atoms with van der Waals surface area (Å²) in [5.74, 6) is -1.17. The van der Waals surface area contributed by atoms with Gasteiger partial charge in [-0.15, -0.1) is 11.3 Å². The van der Waals surface area contributed by atoms with E-state index >= 15 is 0 Å². The number of fused-ring (bicyclic) bond motifs is 1. The van der Waals surface area contributed by atoms with Crippen molar-refractivity contribution in [2.45, 2.75) is 0 Å². The van der Waals surface area contributed by atoms with Gasteiger partial charge in [0.2, 0.25) is 0 Å². The van der Waals surface area contributed by atoms with E-state index in [1.807, 2.05) is 0 Å². The van der Waals surface area contributed by atoms with Crippen LogP contribution in [0.15, 0.2) is 35.1 Å². The first-order valence-electron chi connectivity index (χ1n) is 7.04. The van der Waals surface area contributed by atoms with Gasteiger partial charge in [0.15, 0.2) is 0 Å². The maximum atomic E-state index is 12.4. The fourth-order valence-corrected chi connectivity index (χ4v) is 3.25. The van der Waals surface area contributed by atoms with Crippen LogP contribution in [0.1, 0.15) is 20.0 Å². The lowest BCUT2D eigenvalue weighted by Gasteiger charge is -2.05. The van der Waals surface area contributed by atoms with Crippen molar-refractivity contribution in [2.24, 2.45) is 0 Å². The third kappa shape index (κ3) is 3.04. The van der Waals surface area contributed by atoms with Crippen molar-refractivity contribution in [3.63, 3.8) is 0 Å². The normalized spacial score (nSPS) is 10.6. The number of aromatic amines is 1. The lowest BCUT2D eigenvalue weighted by atomic mass is 10.2.